The summed E-state index contributed by atoms with van der Waals surface area (Å²) < 4.78 is 27.3. The van der Waals surface area contributed by atoms with Gasteiger partial charge in [-0.1, -0.05) is 30.3 Å². The quantitative estimate of drug-likeness (QED) is 0.634. The van der Waals surface area contributed by atoms with E-state index >= 15 is 0 Å². The van der Waals surface area contributed by atoms with Crippen molar-refractivity contribution in [3.8, 4) is 0 Å². The highest BCUT2D eigenvalue weighted by molar-refractivity contribution is 6.05. The first-order valence-electron chi connectivity index (χ1n) is 10.7. The second-order valence-electron chi connectivity index (χ2n) is 8.54. The van der Waals surface area contributed by atoms with Crippen LogP contribution in [0.25, 0.3) is 0 Å². The number of hydrogen-bond acceptors (Lipinski definition) is 5. The SMILES string of the molecule is C[C@H](N)C(=O)N(C(=O)[C@@H](O)c1cc(F)cc(F)c1)[C@@]1(C)CC[C@H](c2ccccc2)CNC1=O. The molecule has 0 aliphatic carbocycles. The van der Waals surface area contributed by atoms with E-state index < -0.39 is 47.0 Å². The summed E-state index contributed by atoms with van der Waals surface area (Å²) in [7, 11) is 0. The van der Waals surface area contributed by atoms with Crippen molar-refractivity contribution in [2.24, 2.45) is 5.73 Å². The van der Waals surface area contributed by atoms with Crippen LogP contribution in [0, 0.1) is 11.6 Å². The summed E-state index contributed by atoms with van der Waals surface area (Å²) in [6.45, 7) is 3.07. The molecule has 1 aliphatic heterocycles. The molecule has 3 amide bonds. The third kappa shape index (κ3) is 5.09. The molecule has 2 aromatic carbocycles. The lowest BCUT2D eigenvalue weighted by Crippen LogP contribution is -2.63. The predicted octanol–water partition coefficient (Wildman–Crippen LogP) is 2.15. The van der Waals surface area contributed by atoms with Crippen molar-refractivity contribution < 1.29 is 28.3 Å². The van der Waals surface area contributed by atoms with Gasteiger partial charge in [-0.25, -0.2) is 8.78 Å². The van der Waals surface area contributed by atoms with Crippen molar-refractivity contribution in [3.63, 3.8) is 0 Å². The second-order valence-corrected chi connectivity index (χ2v) is 8.54. The predicted molar refractivity (Wildman–Crippen MR) is 117 cm³/mol. The first-order valence-corrected chi connectivity index (χ1v) is 10.7. The maximum atomic E-state index is 13.7. The molecule has 1 aliphatic rings. The van der Waals surface area contributed by atoms with E-state index in [1.807, 2.05) is 30.3 Å². The fourth-order valence-electron chi connectivity index (χ4n) is 4.10. The van der Waals surface area contributed by atoms with Gasteiger partial charge in [-0.3, -0.25) is 19.3 Å². The number of carbonyl (C=O) groups is 3. The van der Waals surface area contributed by atoms with Crippen LogP contribution in [0.5, 0.6) is 0 Å². The number of aliphatic hydroxyl groups is 1. The van der Waals surface area contributed by atoms with Gasteiger partial charge in [-0.2, -0.15) is 0 Å². The summed E-state index contributed by atoms with van der Waals surface area (Å²) in [6, 6.07) is 10.5. The van der Waals surface area contributed by atoms with Crippen LogP contribution in [0.3, 0.4) is 0 Å². The molecular weight excluding hydrogens is 432 g/mol. The number of rotatable bonds is 5. The van der Waals surface area contributed by atoms with Gasteiger partial charge in [0.1, 0.15) is 17.2 Å². The van der Waals surface area contributed by atoms with Gasteiger partial charge in [0.15, 0.2) is 6.10 Å². The molecule has 0 radical (unpaired) electrons. The fraction of sp³-hybridized carbons (Fsp3) is 0.375. The average molecular weight is 459 g/mol. The number of hydrogen-bond donors (Lipinski definition) is 3. The lowest BCUT2D eigenvalue weighted by molar-refractivity contribution is -0.163. The maximum Gasteiger partial charge on any atom is 0.263 e. The van der Waals surface area contributed by atoms with E-state index in [0.717, 1.165) is 17.7 Å². The summed E-state index contributed by atoms with van der Waals surface area (Å²) in [5.74, 6) is -4.69. The minimum Gasteiger partial charge on any atom is -0.378 e. The summed E-state index contributed by atoms with van der Waals surface area (Å²) in [6.07, 6.45) is -1.51. The first-order chi connectivity index (χ1) is 15.5. The highest BCUT2D eigenvalue weighted by atomic mass is 19.1. The standard InChI is InChI=1S/C24H27F2N3O4/c1-14(27)21(31)29(22(32)20(30)17-10-18(25)12-19(26)11-17)24(2)9-8-16(13-28-23(24)33)15-6-4-3-5-7-15/h3-7,10-12,14,16,20,30H,8-9,13,27H2,1-2H3,(H,28,33)/t14-,16-,20-,24-/m0/s1. The molecule has 176 valence electrons. The third-order valence-electron chi connectivity index (χ3n) is 6.01. The second kappa shape index (κ2) is 9.76. The molecular formula is C24H27F2N3O4. The molecule has 3 rings (SSSR count). The minimum atomic E-state index is -2.07. The molecule has 33 heavy (non-hydrogen) atoms. The van der Waals surface area contributed by atoms with Gasteiger partial charge in [0, 0.05) is 18.5 Å². The van der Waals surface area contributed by atoms with Crippen molar-refractivity contribution in [1.29, 1.82) is 0 Å². The maximum absolute atomic E-state index is 13.7. The molecule has 0 unspecified atom stereocenters. The number of benzene rings is 2. The number of aliphatic hydroxyl groups excluding tert-OH is 1. The normalized spacial score (nSPS) is 22.6. The Morgan fingerprint density at radius 2 is 1.76 bits per heavy atom. The van der Waals surface area contributed by atoms with Crippen molar-refractivity contribution in [2.75, 3.05) is 6.54 Å². The van der Waals surface area contributed by atoms with Gasteiger partial charge in [0.2, 0.25) is 11.8 Å². The van der Waals surface area contributed by atoms with Crippen LogP contribution in [-0.4, -0.2) is 45.9 Å². The lowest BCUT2D eigenvalue weighted by atomic mass is 9.87. The van der Waals surface area contributed by atoms with Crippen molar-refractivity contribution in [2.45, 2.75) is 50.3 Å². The average Bonchev–Trinajstić information content (AvgIpc) is 2.92. The van der Waals surface area contributed by atoms with Crippen LogP contribution in [0.4, 0.5) is 8.78 Å². The number of amides is 3. The van der Waals surface area contributed by atoms with Gasteiger partial charge in [0.05, 0.1) is 6.04 Å². The van der Waals surface area contributed by atoms with E-state index in [1.165, 1.54) is 13.8 Å². The molecule has 4 N–H and O–H groups in total. The van der Waals surface area contributed by atoms with Crippen LogP contribution in [-0.2, 0) is 14.4 Å². The van der Waals surface area contributed by atoms with E-state index in [1.54, 1.807) is 0 Å². The van der Waals surface area contributed by atoms with Gasteiger partial charge in [0.25, 0.3) is 5.91 Å². The van der Waals surface area contributed by atoms with Crippen LogP contribution in [0.15, 0.2) is 48.5 Å². The molecule has 1 heterocycles. The van der Waals surface area contributed by atoms with Crippen LogP contribution < -0.4 is 11.1 Å². The highest BCUT2D eigenvalue weighted by Crippen LogP contribution is 2.34. The Bertz CT molecular complexity index is 1030. The summed E-state index contributed by atoms with van der Waals surface area (Å²) >= 11 is 0. The van der Waals surface area contributed by atoms with Gasteiger partial charge < -0.3 is 16.2 Å². The zero-order chi connectivity index (χ0) is 24.3. The number of carbonyl (C=O) groups excluding carboxylic acids is 3. The molecule has 2 aromatic rings. The number of nitrogens with one attached hydrogen (secondary N) is 1. The third-order valence-corrected chi connectivity index (χ3v) is 6.01. The van der Waals surface area contributed by atoms with E-state index in [-0.39, 0.29) is 17.9 Å². The molecule has 1 saturated heterocycles. The largest absolute Gasteiger partial charge is 0.378 e. The van der Waals surface area contributed by atoms with Gasteiger partial charge in [-0.15, -0.1) is 0 Å². The van der Waals surface area contributed by atoms with Crippen molar-refractivity contribution in [1.82, 2.24) is 10.2 Å². The molecule has 0 saturated carbocycles. The van der Waals surface area contributed by atoms with E-state index in [0.29, 0.717) is 23.9 Å². The lowest BCUT2D eigenvalue weighted by Gasteiger charge is -2.39. The summed E-state index contributed by atoms with van der Waals surface area (Å²) in [5.41, 5.74) is 4.70. The Balaban J connectivity index is 1.97. The number of halogens is 2. The van der Waals surface area contributed by atoms with E-state index in [9.17, 15) is 28.3 Å². The molecule has 1 fully saturated rings. The topological polar surface area (TPSA) is 113 Å². The zero-order valence-electron chi connectivity index (χ0n) is 18.4. The Morgan fingerprint density at radius 3 is 2.33 bits per heavy atom. The monoisotopic (exact) mass is 459 g/mol. The molecule has 4 atom stereocenters. The summed E-state index contributed by atoms with van der Waals surface area (Å²) in [5, 5.41) is 13.4. The highest BCUT2D eigenvalue weighted by Gasteiger charge is 2.49. The minimum absolute atomic E-state index is 0.0541. The first kappa shape index (κ1) is 24.5. The molecule has 0 spiro atoms. The van der Waals surface area contributed by atoms with Crippen LogP contribution >= 0.6 is 0 Å². The molecule has 0 aromatic heterocycles. The van der Waals surface area contributed by atoms with E-state index in [2.05, 4.69) is 5.32 Å². The number of nitrogens with zero attached hydrogens (tertiary/aromatic N) is 1. The van der Waals surface area contributed by atoms with Crippen LogP contribution in [0.2, 0.25) is 0 Å². The van der Waals surface area contributed by atoms with E-state index in [4.69, 9.17) is 5.73 Å². The Morgan fingerprint density at radius 1 is 1.15 bits per heavy atom. The molecule has 9 heteroatoms. The number of nitrogens with two attached hydrogens (primary N) is 1. The summed E-state index contributed by atoms with van der Waals surface area (Å²) in [4.78, 5) is 40.1. The molecule has 0 bridgehead atoms. The molecule has 7 nitrogen and oxygen atoms in total. The zero-order valence-corrected chi connectivity index (χ0v) is 18.4. The Hall–Kier alpha value is -3.17. The van der Waals surface area contributed by atoms with Crippen LogP contribution in [0.1, 0.15) is 49.8 Å². The smallest absolute Gasteiger partial charge is 0.263 e. The van der Waals surface area contributed by atoms with Gasteiger partial charge >= 0.3 is 0 Å². The van der Waals surface area contributed by atoms with Crippen molar-refractivity contribution in [3.05, 3.63) is 71.3 Å². The fourth-order valence-corrected chi connectivity index (χ4v) is 4.10. The Kier molecular flexibility index (Phi) is 7.24. The number of imide groups is 1. The van der Waals surface area contributed by atoms with Crippen molar-refractivity contribution >= 4 is 17.7 Å². The van der Waals surface area contributed by atoms with Gasteiger partial charge in [-0.05, 0) is 49.9 Å². The Labute approximate surface area is 190 Å².